The Labute approximate surface area is 159 Å². The molecule has 5 nitrogen and oxygen atoms in total. The standard InChI is InChI=1S/C21H15N3O2S/c25-20(17-10-11-22-18-8-2-1-7-16(17)18)23-14-5-3-6-15(13-14)24-21(26)19-9-4-12-27-19/h1-13H,(H,23,25)(H,24,26). The molecule has 0 saturated carbocycles. The minimum Gasteiger partial charge on any atom is -0.322 e. The number of carbonyl (C=O) groups is 2. The number of thiophene rings is 1. The van der Waals surface area contributed by atoms with E-state index in [1.54, 1.807) is 42.6 Å². The summed E-state index contributed by atoms with van der Waals surface area (Å²) in [7, 11) is 0. The first kappa shape index (κ1) is 16.9. The number of para-hydroxylation sites is 1. The number of benzene rings is 2. The third-order valence-electron chi connectivity index (χ3n) is 4.02. The number of pyridine rings is 1. The Balaban J connectivity index is 1.54. The molecule has 2 heterocycles. The van der Waals surface area contributed by atoms with Crippen LogP contribution in [0.25, 0.3) is 10.9 Å². The van der Waals surface area contributed by atoms with E-state index in [9.17, 15) is 9.59 Å². The fourth-order valence-corrected chi connectivity index (χ4v) is 3.39. The van der Waals surface area contributed by atoms with Gasteiger partial charge in [-0.3, -0.25) is 14.6 Å². The Kier molecular flexibility index (Phi) is 4.63. The molecule has 4 aromatic rings. The maximum atomic E-state index is 12.7. The molecule has 2 aromatic carbocycles. The number of hydrogen-bond donors (Lipinski definition) is 2. The minimum atomic E-state index is -0.227. The molecule has 0 saturated heterocycles. The highest BCUT2D eigenvalue weighted by molar-refractivity contribution is 7.12. The van der Waals surface area contributed by atoms with Gasteiger partial charge in [-0.05, 0) is 41.8 Å². The summed E-state index contributed by atoms with van der Waals surface area (Å²) >= 11 is 1.38. The second-order valence-corrected chi connectivity index (χ2v) is 6.79. The van der Waals surface area contributed by atoms with E-state index in [0.717, 1.165) is 10.9 Å². The summed E-state index contributed by atoms with van der Waals surface area (Å²) in [6, 6.07) is 19.9. The maximum Gasteiger partial charge on any atom is 0.265 e. The zero-order valence-electron chi connectivity index (χ0n) is 14.2. The smallest absolute Gasteiger partial charge is 0.265 e. The average molecular weight is 373 g/mol. The summed E-state index contributed by atoms with van der Waals surface area (Å²) in [4.78, 5) is 29.8. The molecule has 0 bridgehead atoms. The number of nitrogens with zero attached hydrogens (tertiary/aromatic N) is 1. The number of hydrogen-bond acceptors (Lipinski definition) is 4. The van der Waals surface area contributed by atoms with Crippen molar-refractivity contribution in [3.8, 4) is 0 Å². The van der Waals surface area contributed by atoms with Crippen molar-refractivity contribution < 1.29 is 9.59 Å². The molecule has 132 valence electrons. The lowest BCUT2D eigenvalue weighted by atomic mass is 10.1. The first-order valence-corrected chi connectivity index (χ1v) is 9.19. The van der Waals surface area contributed by atoms with Gasteiger partial charge in [0.25, 0.3) is 11.8 Å². The molecular formula is C21H15N3O2S. The van der Waals surface area contributed by atoms with Gasteiger partial charge in [0.05, 0.1) is 16.0 Å². The van der Waals surface area contributed by atoms with E-state index in [4.69, 9.17) is 0 Å². The van der Waals surface area contributed by atoms with Gasteiger partial charge in [0.1, 0.15) is 0 Å². The van der Waals surface area contributed by atoms with Crippen LogP contribution in [0.5, 0.6) is 0 Å². The largest absolute Gasteiger partial charge is 0.322 e. The van der Waals surface area contributed by atoms with E-state index in [2.05, 4.69) is 15.6 Å². The molecule has 2 aromatic heterocycles. The molecule has 2 amide bonds. The Morgan fingerprint density at radius 2 is 1.59 bits per heavy atom. The maximum absolute atomic E-state index is 12.7. The van der Waals surface area contributed by atoms with Gasteiger partial charge in [0.15, 0.2) is 0 Å². The number of fused-ring (bicyclic) bond motifs is 1. The molecule has 0 aliphatic carbocycles. The lowest BCUT2D eigenvalue weighted by Crippen LogP contribution is -2.14. The van der Waals surface area contributed by atoms with Gasteiger partial charge in [-0.1, -0.05) is 30.3 Å². The van der Waals surface area contributed by atoms with Crippen molar-refractivity contribution >= 4 is 45.4 Å². The Morgan fingerprint density at radius 3 is 2.37 bits per heavy atom. The van der Waals surface area contributed by atoms with Crippen molar-refractivity contribution in [2.24, 2.45) is 0 Å². The van der Waals surface area contributed by atoms with E-state index in [1.165, 1.54) is 11.3 Å². The van der Waals surface area contributed by atoms with Crippen LogP contribution in [0, 0.1) is 0 Å². The van der Waals surface area contributed by atoms with Crippen LogP contribution in [0.15, 0.2) is 78.3 Å². The van der Waals surface area contributed by atoms with E-state index in [1.807, 2.05) is 35.7 Å². The zero-order valence-corrected chi connectivity index (χ0v) is 15.0. The molecule has 2 N–H and O–H groups in total. The van der Waals surface area contributed by atoms with Crippen LogP contribution in [0.1, 0.15) is 20.0 Å². The third kappa shape index (κ3) is 3.70. The normalized spacial score (nSPS) is 10.5. The first-order valence-electron chi connectivity index (χ1n) is 8.31. The number of rotatable bonds is 4. The van der Waals surface area contributed by atoms with Crippen LogP contribution in [0.4, 0.5) is 11.4 Å². The quantitative estimate of drug-likeness (QED) is 0.540. The average Bonchev–Trinajstić information content (AvgIpc) is 3.23. The van der Waals surface area contributed by atoms with Gasteiger partial charge in [-0.15, -0.1) is 11.3 Å². The highest BCUT2D eigenvalue weighted by Crippen LogP contribution is 2.21. The number of nitrogens with one attached hydrogen (secondary N) is 2. The molecule has 0 unspecified atom stereocenters. The highest BCUT2D eigenvalue weighted by atomic mass is 32.1. The highest BCUT2D eigenvalue weighted by Gasteiger charge is 2.12. The second kappa shape index (κ2) is 7.39. The van der Waals surface area contributed by atoms with Crippen LogP contribution in [-0.2, 0) is 0 Å². The molecule has 0 aliphatic rings. The van der Waals surface area contributed by atoms with Gasteiger partial charge in [-0.2, -0.15) is 0 Å². The summed E-state index contributed by atoms with van der Waals surface area (Å²) in [5, 5.41) is 8.36. The van der Waals surface area contributed by atoms with Crippen molar-refractivity contribution in [3.63, 3.8) is 0 Å². The number of amides is 2. The molecule has 6 heteroatoms. The van der Waals surface area contributed by atoms with Gasteiger partial charge < -0.3 is 10.6 Å². The first-order chi connectivity index (χ1) is 13.2. The van der Waals surface area contributed by atoms with Crippen LogP contribution < -0.4 is 10.6 Å². The summed E-state index contributed by atoms with van der Waals surface area (Å²) < 4.78 is 0. The van der Waals surface area contributed by atoms with Crippen molar-refractivity contribution in [3.05, 3.63) is 88.7 Å². The predicted octanol–water partition coefficient (Wildman–Crippen LogP) is 4.80. The van der Waals surface area contributed by atoms with Crippen molar-refractivity contribution in [1.82, 2.24) is 4.98 Å². The summed E-state index contributed by atoms with van der Waals surface area (Å²) in [6.45, 7) is 0. The van der Waals surface area contributed by atoms with Crippen molar-refractivity contribution in [1.29, 1.82) is 0 Å². The monoisotopic (exact) mass is 373 g/mol. The fraction of sp³-hybridized carbons (Fsp3) is 0. The van der Waals surface area contributed by atoms with Crippen LogP contribution in [-0.4, -0.2) is 16.8 Å². The summed E-state index contributed by atoms with van der Waals surface area (Å²) in [5.74, 6) is -0.399. The Hall–Kier alpha value is -3.51. The van der Waals surface area contributed by atoms with Gasteiger partial charge in [0.2, 0.25) is 0 Å². The molecule has 27 heavy (non-hydrogen) atoms. The minimum absolute atomic E-state index is 0.173. The molecule has 0 atom stereocenters. The lowest BCUT2D eigenvalue weighted by molar-refractivity contribution is 0.102. The van der Waals surface area contributed by atoms with E-state index in [0.29, 0.717) is 21.8 Å². The fourth-order valence-electron chi connectivity index (χ4n) is 2.77. The van der Waals surface area contributed by atoms with E-state index >= 15 is 0 Å². The van der Waals surface area contributed by atoms with Gasteiger partial charge in [0, 0.05) is 23.0 Å². The Morgan fingerprint density at radius 1 is 0.815 bits per heavy atom. The number of aromatic nitrogens is 1. The zero-order chi connectivity index (χ0) is 18.6. The predicted molar refractivity (Wildman–Crippen MR) is 108 cm³/mol. The van der Waals surface area contributed by atoms with Gasteiger partial charge >= 0.3 is 0 Å². The van der Waals surface area contributed by atoms with E-state index in [-0.39, 0.29) is 11.8 Å². The van der Waals surface area contributed by atoms with Crippen LogP contribution in [0.2, 0.25) is 0 Å². The Bertz CT molecular complexity index is 1120. The molecule has 0 aliphatic heterocycles. The summed E-state index contributed by atoms with van der Waals surface area (Å²) in [5.41, 5.74) is 2.53. The van der Waals surface area contributed by atoms with Gasteiger partial charge in [-0.25, -0.2) is 0 Å². The molecule has 4 rings (SSSR count). The van der Waals surface area contributed by atoms with Crippen LogP contribution >= 0.6 is 11.3 Å². The van der Waals surface area contributed by atoms with E-state index < -0.39 is 0 Å². The molecule has 0 radical (unpaired) electrons. The molecule has 0 spiro atoms. The van der Waals surface area contributed by atoms with Crippen molar-refractivity contribution in [2.75, 3.05) is 10.6 Å². The second-order valence-electron chi connectivity index (χ2n) is 5.84. The molecular weight excluding hydrogens is 358 g/mol. The summed E-state index contributed by atoms with van der Waals surface area (Å²) in [6.07, 6.45) is 1.62. The topological polar surface area (TPSA) is 71.1 Å². The number of anilines is 2. The van der Waals surface area contributed by atoms with Crippen molar-refractivity contribution in [2.45, 2.75) is 0 Å². The van der Waals surface area contributed by atoms with Crippen LogP contribution in [0.3, 0.4) is 0 Å². The molecule has 0 fully saturated rings. The lowest BCUT2D eigenvalue weighted by Gasteiger charge is -2.10. The SMILES string of the molecule is O=C(Nc1cccc(NC(=O)c2ccnc3ccccc23)c1)c1cccs1. The number of carbonyl (C=O) groups excluding carboxylic acids is 2. The third-order valence-corrected chi connectivity index (χ3v) is 4.89.